The lowest BCUT2D eigenvalue weighted by Gasteiger charge is -2.26. The largest absolute Gasteiger partial charge is 0.288 e. The molecule has 0 aliphatic heterocycles. The molecule has 0 aliphatic carbocycles. The molecule has 2 aromatic rings. The van der Waals surface area contributed by atoms with E-state index >= 15 is 0 Å². The number of rotatable bonds is 4. The SMILES string of the molecule is CC(C)C(C)N(C)S(=O)(=O)c1c(Cl)nc2ccccn12. The van der Waals surface area contributed by atoms with Crippen molar-refractivity contribution in [3.8, 4) is 0 Å². The number of hydrogen-bond donors (Lipinski definition) is 0. The van der Waals surface area contributed by atoms with Gasteiger partial charge in [-0.05, 0) is 25.0 Å². The van der Waals surface area contributed by atoms with E-state index < -0.39 is 10.0 Å². The first-order chi connectivity index (χ1) is 9.26. The fourth-order valence-electron chi connectivity index (χ4n) is 1.95. The molecule has 0 saturated carbocycles. The highest BCUT2D eigenvalue weighted by Gasteiger charge is 2.32. The van der Waals surface area contributed by atoms with Crippen molar-refractivity contribution in [2.45, 2.75) is 31.8 Å². The predicted octanol–water partition coefficient (Wildman–Crippen LogP) is 2.65. The van der Waals surface area contributed by atoms with Crippen molar-refractivity contribution in [3.63, 3.8) is 0 Å². The molecule has 2 aromatic heterocycles. The Labute approximate surface area is 124 Å². The standard InChI is InChI=1S/C13H18ClN3O2S/c1-9(2)10(3)16(4)20(18,19)13-12(14)15-11-7-5-6-8-17(11)13/h5-10H,1-4H3. The van der Waals surface area contributed by atoms with Gasteiger partial charge in [0.15, 0.2) is 10.2 Å². The summed E-state index contributed by atoms with van der Waals surface area (Å²) in [6.07, 6.45) is 1.65. The summed E-state index contributed by atoms with van der Waals surface area (Å²) in [6, 6.07) is 5.12. The normalized spacial score (nSPS) is 14.3. The molecule has 110 valence electrons. The predicted molar refractivity (Wildman–Crippen MR) is 79.5 cm³/mol. The van der Waals surface area contributed by atoms with Gasteiger partial charge in [0.05, 0.1) is 0 Å². The summed E-state index contributed by atoms with van der Waals surface area (Å²) in [4.78, 5) is 4.09. The van der Waals surface area contributed by atoms with E-state index in [1.807, 2.05) is 20.8 Å². The molecule has 2 rings (SSSR count). The van der Waals surface area contributed by atoms with Crippen molar-refractivity contribution in [2.75, 3.05) is 7.05 Å². The Bertz CT molecular complexity index is 724. The first-order valence-electron chi connectivity index (χ1n) is 6.37. The lowest BCUT2D eigenvalue weighted by Crippen LogP contribution is -2.38. The summed E-state index contributed by atoms with van der Waals surface area (Å²) >= 11 is 6.04. The van der Waals surface area contributed by atoms with E-state index in [-0.39, 0.29) is 22.1 Å². The van der Waals surface area contributed by atoms with Gasteiger partial charge in [-0.15, -0.1) is 0 Å². The van der Waals surface area contributed by atoms with Gasteiger partial charge in [-0.1, -0.05) is 31.5 Å². The maximum atomic E-state index is 12.8. The third-order valence-corrected chi connectivity index (χ3v) is 5.95. The molecule has 0 fully saturated rings. The smallest absolute Gasteiger partial charge is 0.262 e. The van der Waals surface area contributed by atoms with Crippen LogP contribution in [-0.4, -0.2) is 35.2 Å². The Kier molecular flexibility index (Phi) is 4.09. The van der Waals surface area contributed by atoms with Crippen LogP contribution in [-0.2, 0) is 10.0 Å². The van der Waals surface area contributed by atoms with Crippen molar-refractivity contribution < 1.29 is 8.42 Å². The zero-order valence-electron chi connectivity index (χ0n) is 11.9. The lowest BCUT2D eigenvalue weighted by molar-refractivity contribution is 0.314. The number of sulfonamides is 1. The van der Waals surface area contributed by atoms with Gasteiger partial charge in [-0.2, -0.15) is 4.31 Å². The minimum absolute atomic E-state index is 0.000920. The van der Waals surface area contributed by atoms with Gasteiger partial charge in [0.2, 0.25) is 0 Å². The summed E-state index contributed by atoms with van der Waals surface area (Å²) in [6.45, 7) is 5.83. The second-order valence-electron chi connectivity index (χ2n) is 5.14. The van der Waals surface area contributed by atoms with Crippen LogP contribution in [0.2, 0.25) is 5.15 Å². The van der Waals surface area contributed by atoms with E-state index in [9.17, 15) is 8.42 Å². The molecule has 1 unspecified atom stereocenters. The monoisotopic (exact) mass is 315 g/mol. The minimum Gasteiger partial charge on any atom is -0.288 e. The summed E-state index contributed by atoms with van der Waals surface area (Å²) in [5.41, 5.74) is 0.515. The highest BCUT2D eigenvalue weighted by Crippen LogP contribution is 2.27. The maximum Gasteiger partial charge on any atom is 0.262 e. The minimum atomic E-state index is -3.70. The Morgan fingerprint density at radius 3 is 2.55 bits per heavy atom. The average Bonchev–Trinajstić information content (AvgIpc) is 2.72. The Morgan fingerprint density at radius 1 is 1.30 bits per heavy atom. The van der Waals surface area contributed by atoms with Gasteiger partial charge in [0.25, 0.3) is 10.0 Å². The second kappa shape index (κ2) is 5.35. The van der Waals surface area contributed by atoms with Gasteiger partial charge in [0, 0.05) is 19.3 Å². The maximum absolute atomic E-state index is 12.8. The zero-order chi connectivity index (χ0) is 15.1. The number of imidazole rings is 1. The molecule has 0 amide bonds. The van der Waals surface area contributed by atoms with Gasteiger partial charge >= 0.3 is 0 Å². The van der Waals surface area contributed by atoms with Gasteiger partial charge in [-0.3, -0.25) is 4.40 Å². The van der Waals surface area contributed by atoms with Crippen LogP contribution in [0.3, 0.4) is 0 Å². The van der Waals surface area contributed by atoms with Crippen LogP contribution in [0.4, 0.5) is 0 Å². The average molecular weight is 316 g/mol. The summed E-state index contributed by atoms with van der Waals surface area (Å²) in [5.74, 6) is 0.202. The van der Waals surface area contributed by atoms with Crippen LogP contribution in [0.5, 0.6) is 0 Å². The molecular formula is C13H18ClN3O2S. The molecule has 0 spiro atoms. The van der Waals surface area contributed by atoms with E-state index in [0.29, 0.717) is 5.65 Å². The van der Waals surface area contributed by atoms with Crippen molar-refractivity contribution in [1.82, 2.24) is 13.7 Å². The summed E-state index contributed by atoms with van der Waals surface area (Å²) in [5, 5.41) is 0.0174. The summed E-state index contributed by atoms with van der Waals surface area (Å²) in [7, 11) is -2.13. The van der Waals surface area contributed by atoms with Crippen molar-refractivity contribution in [1.29, 1.82) is 0 Å². The zero-order valence-corrected chi connectivity index (χ0v) is 13.5. The first-order valence-corrected chi connectivity index (χ1v) is 8.19. The van der Waals surface area contributed by atoms with Gasteiger partial charge < -0.3 is 0 Å². The highest BCUT2D eigenvalue weighted by atomic mass is 35.5. The van der Waals surface area contributed by atoms with Crippen LogP contribution in [0, 0.1) is 5.92 Å². The third-order valence-electron chi connectivity index (χ3n) is 3.61. The molecule has 5 nitrogen and oxygen atoms in total. The number of nitrogens with zero attached hydrogens (tertiary/aromatic N) is 3. The first kappa shape index (κ1) is 15.3. The molecule has 1 atom stereocenters. The van der Waals surface area contributed by atoms with Gasteiger partial charge in [0.1, 0.15) is 5.65 Å². The number of pyridine rings is 1. The number of aromatic nitrogens is 2. The Balaban J connectivity index is 2.60. The molecule has 0 aromatic carbocycles. The lowest BCUT2D eigenvalue weighted by atomic mass is 10.1. The number of hydrogen-bond acceptors (Lipinski definition) is 3. The van der Waals surface area contributed by atoms with Crippen molar-refractivity contribution >= 4 is 27.3 Å². The number of fused-ring (bicyclic) bond motifs is 1. The van der Waals surface area contributed by atoms with Crippen LogP contribution in [0.25, 0.3) is 5.65 Å². The quantitative estimate of drug-likeness (QED) is 0.871. The molecule has 0 bridgehead atoms. The molecule has 2 heterocycles. The van der Waals surface area contributed by atoms with E-state index in [2.05, 4.69) is 4.98 Å². The molecule has 7 heteroatoms. The second-order valence-corrected chi connectivity index (χ2v) is 7.41. The molecule has 0 aliphatic rings. The van der Waals surface area contributed by atoms with E-state index in [0.717, 1.165) is 0 Å². The van der Waals surface area contributed by atoms with E-state index in [4.69, 9.17) is 11.6 Å². The van der Waals surface area contributed by atoms with Crippen LogP contribution < -0.4 is 0 Å². The van der Waals surface area contributed by atoms with Crippen LogP contribution in [0.1, 0.15) is 20.8 Å². The van der Waals surface area contributed by atoms with Crippen LogP contribution >= 0.6 is 11.6 Å². The fraction of sp³-hybridized carbons (Fsp3) is 0.462. The van der Waals surface area contributed by atoms with Crippen molar-refractivity contribution in [2.24, 2.45) is 5.92 Å². The topological polar surface area (TPSA) is 54.7 Å². The molecule has 0 saturated heterocycles. The van der Waals surface area contributed by atoms with E-state index in [1.54, 1.807) is 31.4 Å². The molecule has 0 radical (unpaired) electrons. The third kappa shape index (κ3) is 2.43. The molecule has 0 N–H and O–H groups in total. The highest BCUT2D eigenvalue weighted by molar-refractivity contribution is 7.89. The molecule has 20 heavy (non-hydrogen) atoms. The molecular weight excluding hydrogens is 298 g/mol. The van der Waals surface area contributed by atoms with Crippen LogP contribution in [0.15, 0.2) is 29.4 Å². The summed E-state index contributed by atoms with van der Waals surface area (Å²) < 4.78 is 28.4. The number of halogens is 1. The Hall–Kier alpha value is -1.11. The van der Waals surface area contributed by atoms with Gasteiger partial charge in [-0.25, -0.2) is 13.4 Å². The Morgan fingerprint density at radius 2 is 1.95 bits per heavy atom. The fourth-order valence-corrected chi connectivity index (χ4v) is 4.04. The van der Waals surface area contributed by atoms with E-state index in [1.165, 1.54) is 8.71 Å². The van der Waals surface area contributed by atoms with Crippen molar-refractivity contribution in [3.05, 3.63) is 29.5 Å².